The first kappa shape index (κ1) is 18.7. The third-order valence-electron chi connectivity index (χ3n) is 3.10. The number of nitrogens with zero attached hydrogens (tertiary/aromatic N) is 1. The zero-order valence-electron chi connectivity index (χ0n) is 11.3. The molecule has 0 bridgehead atoms. The second-order valence-corrected chi connectivity index (χ2v) is 7.00. The fraction of sp³-hybridized carbons (Fsp3) is 0. The quantitative estimate of drug-likeness (QED) is 0.611. The number of hydrogen-bond acceptors (Lipinski definition) is 2. The third kappa shape index (κ3) is 3.71. The van der Waals surface area contributed by atoms with Crippen molar-refractivity contribution in [3.8, 4) is 16.9 Å². The molecule has 2 aromatic carbocycles. The van der Waals surface area contributed by atoms with E-state index in [0.717, 1.165) is 11.3 Å². The molecule has 3 aromatic rings. The fourth-order valence-corrected chi connectivity index (χ4v) is 3.59. The molecular formula is C15H8Cl5N2S-. The molecule has 0 saturated heterocycles. The Morgan fingerprint density at radius 1 is 0.870 bits per heavy atom. The topological polar surface area (TPSA) is 28.8 Å². The highest BCUT2D eigenvalue weighted by atomic mass is 35.5. The van der Waals surface area contributed by atoms with Gasteiger partial charge in [-0.2, -0.15) is 0 Å². The normalized spacial score (nSPS) is 10.4. The Hall–Kier alpha value is -0.680. The van der Waals surface area contributed by atoms with Crippen molar-refractivity contribution in [2.24, 2.45) is 0 Å². The Bertz CT molecular complexity index is 899. The molecule has 1 N–H and O–H groups in total. The largest absolute Gasteiger partial charge is 1.00 e. The van der Waals surface area contributed by atoms with E-state index < -0.39 is 0 Å². The van der Waals surface area contributed by atoms with E-state index >= 15 is 0 Å². The van der Waals surface area contributed by atoms with Gasteiger partial charge in [0, 0.05) is 10.4 Å². The molecular weight excluding hydrogens is 418 g/mol. The van der Waals surface area contributed by atoms with Crippen LogP contribution in [0.1, 0.15) is 0 Å². The van der Waals surface area contributed by atoms with Gasteiger partial charge < -0.3 is 12.4 Å². The van der Waals surface area contributed by atoms with Gasteiger partial charge in [-0.1, -0.05) is 58.5 Å². The van der Waals surface area contributed by atoms with Crippen molar-refractivity contribution in [2.75, 3.05) is 0 Å². The maximum absolute atomic E-state index is 8.16. The van der Waals surface area contributed by atoms with E-state index in [4.69, 9.17) is 51.8 Å². The van der Waals surface area contributed by atoms with E-state index in [1.807, 2.05) is 17.5 Å². The zero-order valence-corrected chi connectivity index (χ0v) is 15.9. The number of hydrogen-bond donors (Lipinski definition) is 1. The van der Waals surface area contributed by atoms with Crippen molar-refractivity contribution in [3.05, 3.63) is 66.7 Å². The summed E-state index contributed by atoms with van der Waals surface area (Å²) in [6.07, 6.45) is 0. The van der Waals surface area contributed by atoms with Gasteiger partial charge >= 0.3 is 0 Å². The van der Waals surface area contributed by atoms with Gasteiger partial charge in [-0.25, -0.2) is 0 Å². The van der Waals surface area contributed by atoms with Gasteiger partial charge in [0.2, 0.25) is 0 Å². The molecule has 1 heterocycles. The van der Waals surface area contributed by atoms with E-state index in [0.29, 0.717) is 30.6 Å². The van der Waals surface area contributed by atoms with Crippen LogP contribution in [0.3, 0.4) is 0 Å². The fourth-order valence-electron chi connectivity index (χ4n) is 2.07. The molecule has 2 nitrogen and oxygen atoms in total. The first-order valence-electron chi connectivity index (χ1n) is 6.13. The summed E-state index contributed by atoms with van der Waals surface area (Å²) in [6.45, 7) is 0. The Kier molecular flexibility index (Phi) is 6.06. The summed E-state index contributed by atoms with van der Waals surface area (Å²) in [5.41, 5.74) is 2.39. The molecule has 120 valence electrons. The van der Waals surface area contributed by atoms with Crippen LogP contribution in [-0.4, -0.2) is 4.57 Å². The number of rotatable bonds is 2. The van der Waals surface area contributed by atoms with Crippen molar-refractivity contribution in [1.29, 1.82) is 5.41 Å². The summed E-state index contributed by atoms with van der Waals surface area (Å²) < 4.78 is 1.73. The van der Waals surface area contributed by atoms with Crippen molar-refractivity contribution in [1.82, 2.24) is 4.57 Å². The summed E-state index contributed by atoms with van der Waals surface area (Å²) in [5.74, 6) is 0. The Morgan fingerprint density at radius 3 is 2.13 bits per heavy atom. The molecule has 0 spiro atoms. The Balaban J connectivity index is 0.00000192. The number of nitrogens with one attached hydrogen (secondary N) is 1. The molecule has 0 aliphatic carbocycles. The molecule has 23 heavy (non-hydrogen) atoms. The van der Waals surface area contributed by atoms with E-state index in [-0.39, 0.29) is 12.4 Å². The standard InChI is InChI=1S/C15H8Cl4N2S.ClH/c16-9-3-1-8(2-4-9)14-7-22-15(20)21(14)13-6-11(18)10(17)5-12(13)19;/h1-7,20H;1H/p-1. The summed E-state index contributed by atoms with van der Waals surface area (Å²) in [6, 6.07) is 10.6. The average Bonchev–Trinajstić information content (AvgIpc) is 2.85. The average molecular weight is 426 g/mol. The SMILES string of the molecule is N=c1scc(-c2ccc(Cl)cc2)n1-c1cc(Cl)c(Cl)cc1Cl.[Cl-]. The predicted molar refractivity (Wildman–Crippen MR) is 95.0 cm³/mol. The second-order valence-electron chi connectivity index (χ2n) is 4.49. The molecule has 0 aliphatic rings. The van der Waals surface area contributed by atoms with Crippen LogP contribution in [0.5, 0.6) is 0 Å². The smallest absolute Gasteiger partial charge is 0.187 e. The Morgan fingerprint density at radius 2 is 1.48 bits per heavy atom. The molecule has 3 rings (SSSR count). The lowest BCUT2D eigenvalue weighted by Crippen LogP contribution is -3.00. The van der Waals surface area contributed by atoms with Crippen molar-refractivity contribution < 1.29 is 12.4 Å². The minimum Gasteiger partial charge on any atom is -1.00 e. The minimum absolute atomic E-state index is 0. The molecule has 0 saturated carbocycles. The van der Waals surface area contributed by atoms with E-state index in [2.05, 4.69) is 0 Å². The molecule has 0 fully saturated rings. The van der Waals surface area contributed by atoms with Crippen molar-refractivity contribution in [2.45, 2.75) is 0 Å². The monoisotopic (exact) mass is 423 g/mol. The molecule has 0 aliphatic heterocycles. The number of benzene rings is 2. The van der Waals surface area contributed by atoms with Crippen LogP contribution in [0.2, 0.25) is 20.1 Å². The van der Waals surface area contributed by atoms with Crippen molar-refractivity contribution >= 4 is 57.7 Å². The Labute approximate surface area is 163 Å². The molecule has 0 atom stereocenters. The van der Waals surface area contributed by atoms with Crippen LogP contribution < -0.4 is 17.2 Å². The lowest BCUT2D eigenvalue weighted by molar-refractivity contribution is -0.00000414. The molecule has 0 radical (unpaired) electrons. The maximum atomic E-state index is 8.16. The first-order chi connectivity index (χ1) is 10.5. The molecule has 8 heteroatoms. The number of thiazole rings is 1. The maximum Gasteiger partial charge on any atom is 0.187 e. The minimum atomic E-state index is 0. The van der Waals surface area contributed by atoms with Gasteiger partial charge in [-0.3, -0.25) is 9.98 Å². The molecule has 1 aromatic heterocycles. The van der Waals surface area contributed by atoms with Crippen LogP contribution in [0.4, 0.5) is 0 Å². The van der Waals surface area contributed by atoms with Crippen LogP contribution in [0, 0.1) is 5.41 Å². The lowest BCUT2D eigenvalue weighted by atomic mass is 10.1. The second kappa shape index (κ2) is 7.47. The van der Waals surface area contributed by atoms with Crippen LogP contribution in [0.15, 0.2) is 41.8 Å². The van der Waals surface area contributed by atoms with E-state index in [9.17, 15) is 0 Å². The highest BCUT2D eigenvalue weighted by Crippen LogP contribution is 2.33. The summed E-state index contributed by atoms with van der Waals surface area (Å²) in [4.78, 5) is 0.338. The van der Waals surface area contributed by atoms with Gasteiger partial charge in [0.25, 0.3) is 0 Å². The number of aromatic nitrogens is 1. The van der Waals surface area contributed by atoms with Gasteiger partial charge in [-0.15, -0.1) is 11.3 Å². The van der Waals surface area contributed by atoms with Crippen LogP contribution in [0.25, 0.3) is 16.9 Å². The van der Waals surface area contributed by atoms with Gasteiger partial charge in [0.05, 0.1) is 26.4 Å². The van der Waals surface area contributed by atoms with Crippen LogP contribution >= 0.6 is 57.7 Å². The lowest BCUT2D eigenvalue weighted by Gasteiger charge is -2.12. The van der Waals surface area contributed by atoms with Gasteiger partial charge in [0.15, 0.2) is 4.80 Å². The summed E-state index contributed by atoms with van der Waals surface area (Å²) >= 11 is 25.6. The van der Waals surface area contributed by atoms with Crippen LogP contribution in [-0.2, 0) is 0 Å². The van der Waals surface area contributed by atoms with E-state index in [1.165, 1.54) is 11.3 Å². The van der Waals surface area contributed by atoms with Gasteiger partial charge in [-0.05, 0) is 29.8 Å². The zero-order chi connectivity index (χ0) is 15.9. The summed E-state index contributed by atoms with van der Waals surface area (Å²) in [5, 5.41) is 11.9. The van der Waals surface area contributed by atoms with E-state index in [1.54, 1.807) is 28.8 Å². The predicted octanol–water partition coefficient (Wildman–Crippen LogP) is 3.30. The van der Waals surface area contributed by atoms with Crippen molar-refractivity contribution in [3.63, 3.8) is 0 Å². The first-order valence-corrected chi connectivity index (χ1v) is 8.52. The van der Waals surface area contributed by atoms with Gasteiger partial charge in [0.1, 0.15) is 0 Å². The summed E-state index contributed by atoms with van der Waals surface area (Å²) in [7, 11) is 0. The third-order valence-corrected chi connectivity index (χ3v) is 5.12. The number of halogens is 5. The highest BCUT2D eigenvalue weighted by molar-refractivity contribution is 7.07. The highest BCUT2D eigenvalue weighted by Gasteiger charge is 2.14. The molecule has 0 unspecified atom stereocenters. The molecule has 0 amide bonds.